The van der Waals surface area contributed by atoms with Crippen molar-refractivity contribution in [3.8, 4) is 0 Å². The molecule has 3 rings (SSSR count). The van der Waals surface area contributed by atoms with Crippen molar-refractivity contribution in [3.63, 3.8) is 0 Å². The Labute approximate surface area is 113 Å². The molecule has 1 aliphatic carbocycles. The molecule has 4 heteroatoms. The number of hydrogen-bond acceptors (Lipinski definition) is 4. The summed E-state index contributed by atoms with van der Waals surface area (Å²) in [6.45, 7) is 1.73. The topological polar surface area (TPSA) is 41.3 Å². The van der Waals surface area contributed by atoms with Crippen molar-refractivity contribution < 1.29 is 4.42 Å². The van der Waals surface area contributed by atoms with Crippen LogP contribution in [0, 0.1) is 0 Å². The smallest absolute Gasteiger partial charge is 0.128 e. The molecule has 4 nitrogen and oxygen atoms in total. The third-order valence-corrected chi connectivity index (χ3v) is 3.37. The highest BCUT2D eigenvalue weighted by atomic mass is 16.3. The molecule has 0 radical (unpaired) electrons. The number of pyridine rings is 1. The molecular formula is C15H19N3O. The van der Waals surface area contributed by atoms with Crippen LogP contribution in [0.5, 0.6) is 0 Å². The van der Waals surface area contributed by atoms with Gasteiger partial charge in [0, 0.05) is 37.9 Å². The van der Waals surface area contributed by atoms with E-state index in [9.17, 15) is 0 Å². The highest BCUT2D eigenvalue weighted by molar-refractivity contribution is 5.39. The van der Waals surface area contributed by atoms with Crippen molar-refractivity contribution in [2.45, 2.75) is 32.0 Å². The maximum atomic E-state index is 5.08. The summed E-state index contributed by atoms with van der Waals surface area (Å²) in [7, 11) is 2.04. The first-order valence-electron chi connectivity index (χ1n) is 6.72. The van der Waals surface area contributed by atoms with E-state index in [-0.39, 0.29) is 0 Å². The number of nitrogens with one attached hydrogen (secondary N) is 1. The predicted octanol–water partition coefficient (Wildman–Crippen LogP) is 2.56. The molecule has 1 fully saturated rings. The molecule has 19 heavy (non-hydrogen) atoms. The van der Waals surface area contributed by atoms with Crippen molar-refractivity contribution in [2.75, 3.05) is 11.9 Å². The van der Waals surface area contributed by atoms with E-state index in [0.29, 0.717) is 0 Å². The van der Waals surface area contributed by atoms with Gasteiger partial charge in [-0.1, -0.05) is 6.07 Å². The monoisotopic (exact) mass is 257 g/mol. The molecule has 0 spiro atoms. The number of rotatable bonds is 6. The van der Waals surface area contributed by atoms with Gasteiger partial charge in [-0.2, -0.15) is 0 Å². The second kappa shape index (κ2) is 5.45. The fourth-order valence-electron chi connectivity index (χ4n) is 2.03. The maximum Gasteiger partial charge on any atom is 0.128 e. The minimum Gasteiger partial charge on any atom is -0.472 e. The molecule has 0 atom stereocenters. The number of hydrogen-bond donors (Lipinski definition) is 1. The van der Waals surface area contributed by atoms with Gasteiger partial charge < -0.3 is 14.6 Å². The van der Waals surface area contributed by atoms with E-state index in [0.717, 1.165) is 30.5 Å². The van der Waals surface area contributed by atoms with Crippen LogP contribution < -0.4 is 10.2 Å². The van der Waals surface area contributed by atoms with Crippen LogP contribution in [0.4, 0.5) is 5.82 Å². The first-order valence-corrected chi connectivity index (χ1v) is 6.72. The predicted molar refractivity (Wildman–Crippen MR) is 74.9 cm³/mol. The molecule has 1 saturated carbocycles. The van der Waals surface area contributed by atoms with Crippen LogP contribution in [0.3, 0.4) is 0 Å². The van der Waals surface area contributed by atoms with E-state index in [1.54, 1.807) is 12.5 Å². The second-order valence-electron chi connectivity index (χ2n) is 5.17. The quantitative estimate of drug-likeness (QED) is 0.863. The molecule has 0 unspecified atom stereocenters. The summed E-state index contributed by atoms with van der Waals surface area (Å²) in [6, 6.07) is 6.93. The van der Waals surface area contributed by atoms with Crippen molar-refractivity contribution in [1.82, 2.24) is 10.3 Å². The van der Waals surface area contributed by atoms with Crippen LogP contribution in [-0.4, -0.2) is 18.1 Å². The van der Waals surface area contributed by atoms with Crippen LogP contribution >= 0.6 is 0 Å². The van der Waals surface area contributed by atoms with Gasteiger partial charge in [-0.3, -0.25) is 0 Å². The maximum absolute atomic E-state index is 5.08. The van der Waals surface area contributed by atoms with Gasteiger partial charge in [0.05, 0.1) is 12.5 Å². The van der Waals surface area contributed by atoms with Gasteiger partial charge in [-0.15, -0.1) is 0 Å². The normalized spacial score (nSPS) is 14.6. The van der Waals surface area contributed by atoms with E-state index in [2.05, 4.69) is 27.3 Å². The molecule has 0 saturated heterocycles. The Kier molecular flexibility index (Phi) is 3.51. The summed E-state index contributed by atoms with van der Waals surface area (Å²) < 4.78 is 5.08. The van der Waals surface area contributed by atoms with Crippen LogP contribution in [0.15, 0.2) is 41.3 Å². The summed E-state index contributed by atoms with van der Waals surface area (Å²) in [6.07, 6.45) is 8.06. The van der Waals surface area contributed by atoms with Gasteiger partial charge in [0.25, 0.3) is 0 Å². The molecule has 1 N–H and O–H groups in total. The SMILES string of the molecule is CN(Cc1ccoc1)c1ccc(CNC2CC2)cn1. The minimum atomic E-state index is 0.739. The summed E-state index contributed by atoms with van der Waals surface area (Å²) in [5.41, 5.74) is 2.40. The van der Waals surface area contributed by atoms with E-state index in [1.165, 1.54) is 18.4 Å². The summed E-state index contributed by atoms with van der Waals surface area (Å²) in [4.78, 5) is 6.63. The first-order chi connectivity index (χ1) is 9.31. The lowest BCUT2D eigenvalue weighted by atomic mass is 10.2. The fraction of sp³-hybridized carbons (Fsp3) is 0.400. The van der Waals surface area contributed by atoms with Gasteiger partial charge in [0.1, 0.15) is 5.82 Å². The highest BCUT2D eigenvalue weighted by Crippen LogP contribution is 2.19. The van der Waals surface area contributed by atoms with E-state index >= 15 is 0 Å². The van der Waals surface area contributed by atoms with Crippen LogP contribution in [0.2, 0.25) is 0 Å². The zero-order chi connectivity index (χ0) is 13.1. The fourth-order valence-corrected chi connectivity index (χ4v) is 2.03. The molecule has 0 aliphatic heterocycles. The van der Waals surface area contributed by atoms with Gasteiger partial charge in [-0.05, 0) is 30.5 Å². The molecule has 2 heterocycles. The van der Waals surface area contributed by atoms with E-state index in [4.69, 9.17) is 4.42 Å². The Morgan fingerprint density at radius 1 is 1.32 bits per heavy atom. The number of furan rings is 1. The zero-order valence-corrected chi connectivity index (χ0v) is 11.2. The van der Waals surface area contributed by atoms with E-state index < -0.39 is 0 Å². The molecule has 100 valence electrons. The highest BCUT2D eigenvalue weighted by Gasteiger charge is 2.19. The Morgan fingerprint density at radius 3 is 2.84 bits per heavy atom. The van der Waals surface area contributed by atoms with Gasteiger partial charge in [-0.25, -0.2) is 4.98 Å². The summed E-state index contributed by atoms with van der Waals surface area (Å²) >= 11 is 0. The lowest BCUT2D eigenvalue weighted by molar-refractivity contribution is 0.563. The Balaban J connectivity index is 1.57. The Morgan fingerprint density at radius 2 is 2.21 bits per heavy atom. The lowest BCUT2D eigenvalue weighted by Crippen LogP contribution is -2.18. The van der Waals surface area contributed by atoms with Gasteiger partial charge in [0.2, 0.25) is 0 Å². The van der Waals surface area contributed by atoms with Crippen molar-refractivity contribution in [1.29, 1.82) is 0 Å². The third-order valence-electron chi connectivity index (χ3n) is 3.37. The molecule has 0 bridgehead atoms. The molecular weight excluding hydrogens is 238 g/mol. The third kappa shape index (κ3) is 3.35. The number of nitrogens with zero attached hydrogens (tertiary/aromatic N) is 2. The number of anilines is 1. The Bertz CT molecular complexity index is 503. The minimum absolute atomic E-state index is 0.739. The average Bonchev–Trinajstić information content (AvgIpc) is 3.13. The zero-order valence-electron chi connectivity index (χ0n) is 11.2. The summed E-state index contributed by atoms with van der Waals surface area (Å²) in [5, 5.41) is 3.49. The standard InChI is InChI=1S/C15H19N3O/c1-18(10-13-6-7-19-11-13)15-5-2-12(9-17-15)8-16-14-3-4-14/h2,5-7,9,11,14,16H,3-4,8,10H2,1H3. The van der Waals surface area contributed by atoms with Crippen LogP contribution in [0.25, 0.3) is 0 Å². The molecule has 2 aromatic rings. The molecule has 1 aliphatic rings. The average molecular weight is 257 g/mol. The van der Waals surface area contributed by atoms with Gasteiger partial charge in [0.15, 0.2) is 0 Å². The largest absolute Gasteiger partial charge is 0.472 e. The molecule has 0 amide bonds. The molecule has 2 aromatic heterocycles. The Hall–Kier alpha value is -1.81. The lowest BCUT2D eigenvalue weighted by Gasteiger charge is -2.17. The van der Waals surface area contributed by atoms with Gasteiger partial charge >= 0.3 is 0 Å². The molecule has 0 aromatic carbocycles. The van der Waals surface area contributed by atoms with E-state index in [1.807, 2.05) is 19.3 Å². The summed E-state index contributed by atoms with van der Waals surface area (Å²) in [5.74, 6) is 0.983. The van der Waals surface area contributed by atoms with Crippen molar-refractivity contribution in [2.24, 2.45) is 0 Å². The number of aromatic nitrogens is 1. The van der Waals surface area contributed by atoms with Crippen molar-refractivity contribution in [3.05, 3.63) is 48.0 Å². The second-order valence-corrected chi connectivity index (χ2v) is 5.17. The first kappa shape index (κ1) is 12.2. The van der Waals surface area contributed by atoms with Crippen molar-refractivity contribution >= 4 is 5.82 Å². The van der Waals surface area contributed by atoms with Crippen LogP contribution in [-0.2, 0) is 13.1 Å². The van der Waals surface area contributed by atoms with Crippen LogP contribution in [0.1, 0.15) is 24.0 Å².